The molecule has 0 aliphatic carbocycles. The summed E-state index contributed by atoms with van der Waals surface area (Å²) in [5.41, 5.74) is 5.31. The van der Waals surface area contributed by atoms with E-state index in [4.69, 9.17) is 5.73 Å². The molecule has 0 saturated carbocycles. The molecule has 2 N–H and O–H groups in total. The van der Waals surface area contributed by atoms with E-state index in [1.54, 1.807) is 18.2 Å². The quantitative estimate of drug-likeness (QED) is 0.220. The highest BCUT2D eigenvalue weighted by Gasteiger charge is 2.37. The minimum atomic E-state index is -4.74. The molecule has 1 saturated heterocycles. The van der Waals surface area contributed by atoms with Gasteiger partial charge in [-0.1, -0.05) is 12.1 Å². The second kappa shape index (κ2) is 9.66. The molecule has 1 unspecified atom stereocenters. The van der Waals surface area contributed by atoms with Crippen molar-refractivity contribution in [3.8, 4) is 0 Å². The van der Waals surface area contributed by atoms with E-state index in [-0.39, 0.29) is 23.3 Å². The molecule has 1 aliphatic rings. The van der Waals surface area contributed by atoms with Crippen LogP contribution in [0.1, 0.15) is 16.7 Å². The number of Topliss-reactive ketones (excluding diaryl/α,β-unsaturated/α-hetero) is 1. The third-order valence-electron chi connectivity index (χ3n) is 5.40. The number of carbonyl (C=O) groups is 4. The molecule has 186 valence electrons. The predicted molar refractivity (Wildman–Crippen MR) is 122 cm³/mol. The number of nitrogens with zero attached hydrogens (tertiary/aromatic N) is 3. The fourth-order valence-electron chi connectivity index (χ4n) is 3.62. The van der Waals surface area contributed by atoms with E-state index in [0.29, 0.717) is 34.3 Å². The van der Waals surface area contributed by atoms with Crippen LogP contribution in [-0.2, 0) is 27.1 Å². The van der Waals surface area contributed by atoms with Crippen molar-refractivity contribution in [1.29, 1.82) is 0 Å². The van der Waals surface area contributed by atoms with Gasteiger partial charge >= 0.3 is 6.18 Å². The van der Waals surface area contributed by atoms with Crippen molar-refractivity contribution in [2.24, 2.45) is 5.73 Å². The number of benzene rings is 2. The van der Waals surface area contributed by atoms with Crippen LogP contribution in [0.5, 0.6) is 0 Å². The highest BCUT2D eigenvalue weighted by molar-refractivity contribution is 8.18. The number of hydrogen-bond donors (Lipinski definition) is 1. The fourth-order valence-corrected chi connectivity index (χ4v) is 4.46. The van der Waals surface area contributed by atoms with Gasteiger partial charge in [0, 0.05) is 5.39 Å². The van der Waals surface area contributed by atoms with Crippen molar-refractivity contribution >= 4 is 52.0 Å². The van der Waals surface area contributed by atoms with E-state index >= 15 is 0 Å². The summed E-state index contributed by atoms with van der Waals surface area (Å²) in [4.78, 5) is 47.6. The number of aromatic nitrogens is 2. The zero-order chi connectivity index (χ0) is 26.2. The first-order valence-electron chi connectivity index (χ1n) is 10.3. The molecule has 2 heterocycles. The van der Waals surface area contributed by atoms with Gasteiger partial charge in [-0.15, -0.1) is 0 Å². The zero-order valence-electron chi connectivity index (χ0n) is 18.2. The lowest BCUT2D eigenvalue weighted by molar-refractivity contribution is -0.138. The number of rotatable bonds is 7. The SMILES string of the molecule is NC(CN1C(=O)S/C(=C\c2ccc3c(cnn3Cc3ccc(F)cc3C(F)(F)F)c2)C1=O)C(=O)C=O. The Bertz CT molecular complexity index is 1430. The van der Waals surface area contributed by atoms with Gasteiger partial charge in [-0.3, -0.25) is 28.8 Å². The zero-order valence-corrected chi connectivity index (χ0v) is 19.0. The van der Waals surface area contributed by atoms with Gasteiger partial charge in [0.2, 0.25) is 5.78 Å². The topological polar surface area (TPSA) is 115 Å². The van der Waals surface area contributed by atoms with Crippen LogP contribution in [0.2, 0.25) is 0 Å². The minimum absolute atomic E-state index is 0.0228. The molecule has 4 rings (SSSR count). The molecule has 3 aromatic rings. The number of imide groups is 1. The molecule has 2 aromatic carbocycles. The monoisotopic (exact) mass is 520 g/mol. The van der Waals surface area contributed by atoms with E-state index < -0.39 is 47.1 Å². The summed E-state index contributed by atoms with van der Waals surface area (Å²) in [6.45, 7) is -0.689. The van der Waals surface area contributed by atoms with Crippen molar-refractivity contribution < 1.29 is 36.7 Å². The van der Waals surface area contributed by atoms with Gasteiger partial charge in [-0.2, -0.15) is 18.3 Å². The first-order valence-corrected chi connectivity index (χ1v) is 11.1. The number of halogens is 4. The van der Waals surface area contributed by atoms with Crippen molar-refractivity contribution in [1.82, 2.24) is 14.7 Å². The van der Waals surface area contributed by atoms with Gasteiger partial charge in [0.1, 0.15) is 5.82 Å². The first kappa shape index (κ1) is 25.3. The van der Waals surface area contributed by atoms with Crippen molar-refractivity contribution in [2.75, 3.05) is 6.54 Å². The Balaban J connectivity index is 1.57. The maximum atomic E-state index is 13.4. The van der Waals surface area contributed by atoms with Gasteiger partial charge in [0.05, 0.1) is 41.3 Å². The van der Waals surface area contributed by atoms with Crippen LogP contribution in [0, 0.1) is 5.82 Å². The lowest BCUT2D eigenvalue weighted by atomic mass is 10.1. The highest BCUT2D eigenvalue weighted by atomic mass is 32.2. The molecular formula is C23H16F4N4O4S. The Morgan fingerprint density at radius 3 is 2.61 bits per heavy atom. The summed E-state index contributed by atoms with van der Waals surface area (Å²) >= 11 is 0.641. The van der Waals surface area contributed by atoms with Crippen LogP contribution in [0.15, 0.2) is 47.5 Å². The molecule has 1 atom stereocenters. The molecule has 8 nitrogen and oxygen atoms in total. The molecule has 13 heteroatoms. The van der Waals surface area contributed by atoms with Gasteiger partial charge < -0.3 is 5.73 Å². The average molecular weight is 520 g/mol. The number of nitrogens with two attached hydrogens (primary N) is 1. The Labute approximate surface area is 204 Å². The Kier molecular flexibility index (Phi) is 6.78. The molecule has 1 fully saturated rings. The largest absolute Gasteiger partial charge is 0.416 e. The molecule has 2 amide bonds. The summed E-state index contributed by atoms with van der Waals surface area (Å²) in [5.74, 6) is -2.61. The maximum absolute atomic E-state index is 13.4. The second-order valence-corrected chi connectivity index (χ2v) is 8.83. The standard InChI is InChI=1S/C23H16F4N4O4S/c24-15-3-2-13(16(7-15)23(25,26)27)9-31-18-4-1-12(5-14(18)8-29-31)6-20-21(34)30(22(35)36-20)10-17(28)19(33)11-32/h1-8,11,17H,9-10,28H2/b20-6-. The van der Waals surface area contributed by atoms with Gasteiger partial charge in [0.15, 0.2) is 6.29 Å². The van der Waals surface area contributed by atoms with Crippen molar-refractivity contribution in [3.05, 3.63) is 70.0 Å². The molecule has 0 radical (unpaired) electrons. The summed E-state index contributed by atoms with van der Waals surface area (Å²) in [6, 6.07) is 5.93. The normalized spacial score (nSPS) is 16.2. The van der Waals surface area contributed by atoms with E-state index in [2.05, 4.69) is 5.10 Å². The first-order chi connectivity index (χ1) is 17.0. The summed E-state index contributed by atoms with van der Waals surface area (Å²) in [5, 5.41) is 4.04. The van der Waals surface area contributed by atoms with E-state index in [0.717, 1.165) is 17.0 Å². The van der Waals surface area contributed by atoms with Gasteiger partial charge in [-0.05, 0) is 53.2 Å². The minimum Gasteiger partial charge on any atom is -0.320 e. The molecule has 36 heavy (non-hydrogen) atoms. The molecular weight excluding hydrogens is 504 g/mol. The Hall–Kier alpha value is -3.84. The lowest BCUT2D eigenvalue weighted by Crippen LogP contribution is -2.44. The van der Waals surface area contributed by atoms with E-state index in [9.17, 15) is 36.7 Å². The second-order valence-electron chi connectivity index (χ2n) is 7.84. The summed E-state index contributed by atoms with van der Waals surface area (Å²) in [7, 11) is 0. The third kappa shape index (κ3) is 5.06. The van der Waals surface area contributed by atoms with Crippen LogP contribution in [0.3, 0.4) is 0 Å². The van der Waals surface area contributed by atoms with Crippen LogP contribution in [-0.4, -0.2) is 50.5 Å². The number of thioether (sulfide) groups is 1. The van der Waals surface area contributed by atoms with Gasteiger partial charge in [0.25, 0.3) is 11.1 Å². The fraction of sp³-hybridized carbons (Fsp3) is 0.174. The predicted octanol–water partition coefficient (Wildman–Crippen LogP) is 3.37. The highest BCUT2D eigenvalue weighted by Crippen LogP contribution is 2.34. The smallest absolute Gasteiger partial charge is 0.320 e. The number of amides is 2. The third-order valence-corrected chi connectivity index (χ3v) is 6.30. The van der Waals surface area contributed by atoms with Crippen molar-refractivity contribution in [3.63, 3.8) is 0 Å². The number of carbonyl (C=O) groups excluding carboxylic acids is 4. The lowest BCUT2D eigenvalue weighted by Gasteiger charge is -2.15. The van der Waals surface area contributed by atoms with Crippen LogP contribution in [0.25, 0.3) is 17.0 Å². The van der Waals surface area contributed by atoms with Crippen molar-refractivity contribution in [2.45, 2.75) is 18.8 Å². The number of aldehydes is 1. The summed E-state index contributed by atoms with van der Waals surface area (Å²) < 4.78 is 54.7. The Morgan fingerprint density at radius 1 is 1.17 bits per heavy atom. The maximum Gasteiger partial charge on any atom is 0.416 e. The molecule has 0 bridgehead atoms. The molecule has 0 spiro atoms. The van der Waals surface area contributed by atoms with Crippen LogP contribution < -0.4 is 5.73 Å². The van der Waals surface area contributed by atoms with Crippen LogP contribution >= 0.6 is 11.8 Å². The number of hydrogen-bond acceptors (Lipinski definition) is 7. The van der Waals surface area contributed by atoms with Crippen LogP contribution in [0.4, 0.5) is 22.4 Å². The number of alkyl halides is 3. The van der Waals surface area contributed by atoms with Gasteiger partial charge in [-0.25, -0.2) is 4.39 Å². The average Bonchev–Trinajstić information content (AvgIpc) is 3.34. The molecule has 1 aromatic heterocycles. The van der Waals surface area contributed by atoms with E-state index in [1.807, 2.05) is 0 Å². The molecule has 1 aliphatic heterocycles. The number of ketones is 1. The number of fused-ring (bicyclic) bond motifs is 1. The summed E-state index contributed by atoms with van der Waals surface area (Å²) in [6.07, 6.45) is -1.84. The Morgan fingerprint density at radius 2 is 1.92 bits per heavy atom. The van der Waals surface area contributed by atoms with E-state index in [1.165, 1.54) is 17.0 Å².